The second-order valence-electron chi connectivity index (χ2n) is 7.41. The van der Waals surface area contributed by atoms with E-state index in [9.17, 15) is 8.60 Å². The van der Waals surface area contributed by atoms with E-state index in [1.807, 2.05) is 25.7 Å². The Labute approximate surface area is 158 Å². The van der Waals surface area contributed by atoms with Gasteiger partial charge in [-0.1, -0.05) is 0 Å². The summed E-state index contributed by atoms with van der Waals surface area (Å²) < 4.78 is 39.6. The zero-order chi connectivity index (χ0) is 19.8. The highest BCUT2D eigenvalue weighted by Gasteiger charge is 2.34. The maximum Gasteiger partial charge on any atom is 0.229 e. The van der Waals surface area contributed by atoms with Crippen LogP contribution in [0.3, 0.4) is 0 Å². The van der Waals surface area contributed by atoms with Crippen LogP contribution < -0.4 is 10.2 Å². The predicted octanol–water partition coefficient (Wildman–Crippen LogP) is 3.40. The van der Waals surface area contributed by atoms with Gasteiger partial charge in [-0.25, -0.2) is 18.4 Å². The number of hydrogen-bond acceptors (Lipinski definition) is 7. The maximum absolute atomic E-state index is 14.4. The van der Waals surface area contributed by atoms with Gasteiger partial charge in [-0.05, 0) is 45.0 Å². The summed E-state index contributed by atoms with van der Waals surface area (Å²) >= 11 is 0. The van der Waals surface area contributed by atoms with Crippen molar-refractivity contribution in [2.45, 2.75) is 37.3 Å². The van der Waals surface area contributed by atoms with E-state index in [-0.39, 0.29) is 17.8 Å². The molecule has 0 aliphatic carbocycles. The van der Waals surface area contributed by atoms with Crippen molar-refractivity contribution in [3.8, 4) is 0 Å². The molecule has 0 saturated carbocycles. The molecule has 0 bridgehead atoms. The first-order valence-corrected chi connectivity index (χ1v) is 10.6. The molecule has 2 atom stereocenters. The third kappa shape index (κ3) is 4.54. The first-order chi connectivity index (χ1) is 12.5. The highest BCUT2D eigenvalue weighted by molar-refractivity contribution is 7.91. The van der Waals surface area contributed by atoms with Crippen LogP contribution in [-0.4, -0.2) is 45.2 Å². The van der Waals surface area contributed by atoms with Gasteiger partial charge in [0, 0.05) is 23.4 Å². The number of anilines is 3. The number of morpholine rings is 1. The van der Waals surface area contributed by atoms with Crippen LogP contribution >= 0.6 is 0 Å². The maximum atomic E-state index is 14.4. The Bertz CT molecular complexity index is 931. The Morgan fingerprint density at radius 1 is 1.37 bits per heavy atom. The van der Waals surface area contributed by atoms with Gasteiger partial charge in [0.15, 0.2) is 11.6 Å². The van der Waals surface area contributed by atoms with Gasteiger partial charge < -0.3 is 15.0 Å². The standard InChI is InChI=1S/C18H24FN5O2S/c1-12-10-26-18(2,3)11-24(12)16-15(19)9-21-17(23-16)22-13-5-7-14(8-6-13)27(4,20)25/h5-9,12,20H,10-11H2,1-4H3,(H,21,22,23)/t12-,27+/m0/s1. The Hall–Kier alpha value is -2.26. The number of aromatic nitrogens is 2. The molecule has 9 heteroatoms. The molecule has 0 spiro atoms. The van der Waals surface area contributed by atoms with E-state index in [0.29, 0.717) is 23.7 Å². The molecule has 0 unspecified atom stereocenters. The van der Waals surface area contributed by atoms with Crippen molar-refractivity contribution in [2.75, 3.05) is 29.6 Å². The van der Waals surface area contributed by atoms with E-state index in [0.717, 1.165) is 6.20 Å². The second-order valence-corrected chi connectivity index (χ2v) is 9.56. The third-order valence-electron chi connectivity index (χ3n) is 4.36. The van der Waals surface area contributed by atoms with Crippen LogP contribution in [0, 0.1) is 10.6 Å². The van der Waals surface area contributed by atoms with Crippen LogP contribution in [0.15, 0.2) is 35.4 Å². The van der Waals surface area contributed by atoms with Crippen molar-refractivity contribution in [1.29, 1.82) is 4.78 Å². The SMILES string of the molecule is C[C@H]1COC(C)(C)CN1c1nc(Nc2ccc([S@](C)(=N)=O)cc2)ncc1F. The third-order valence-corrected chi connectivity index (χ3v) is 5.53. The summed E-state index contributed by atoms with van der Waals surface area (Å²) in [7, 11) is -2.76. The van der Waals surface area contributed by atoms with Crippen molar-refractivity contribution >= 4 is 27.2 Å². The second kappa shape index (κ2) is 7.05. The van der Waals surface area contributed by atoms with Gasteiger partial charge in [0.1, 0.15) is 0 Å². The molecule has 1 fully saturated rings. The monoisotopic (exact) mass is 393 g/mol. The van der Waals surface area contributed by atoms with Gasteiger partial charge in [-0.2, -0.15) is 4.98 Å². The fraction of sp³-hybridized carbons (Fsp3) is 0.444. The molecule has 1 saturated heterocycles. The van der Waals surface area contributed by atoms with Gasteiger partial charge in [0.2, 0.25) is 5.95 Å². The fourth-order valence-electron chi connectivity index (χ4n) is 2.88. The van der Waals surface area contributed by atoms with Crippen LogP contribution in [0.1, 0.15) is 20.8 Å². The Kier molecular flexibility index (Phi) is 5.09. The van der Waals surface area contributed by atoms with Crippen molar-refractivity contribution in [3.63, 3.8) is 0 Å². The molecule has 0 amide bonds. The van der Waals surface area contributed by atoms with Crippen LogP contribution in [0.25, 0.3) is 0 Å². The number of benzene rings is 1. The molecule has 7 nitrogen and oxygen atoms in total. The smallest absolute Gasteiger partial charge is 0.229 e. The van der Waals surface area contributed by atoms with Gasteiger partial charge in [-0.15, -0.1) is 0 Å². The minimum absolute atomic E-state index is 0.00989. The van der Waals surface area contributed by atoms with Crippen molar-refractivity contribution in [3.05, 3.63) is 36.3 Å². The Morgan fingerprint density at radius 2 is 2.04 bits per heavy atom. The highest BCUT2D eigenvalue weighted by Crippen LogP contribution is 2.28. The van der Waals surface area contributed by atoms with Crippen LogP contribution in [0.4, 0.5) is 21.8 Å². The van der Waals surface area contributed by atoms with Gasteiger partial charge in [0.05, 0.1) is 34.2 Å². The Balaban J connectivity index is 1.85. The summed E-state index contributed by atoms with van der Waals surface area (Å²) in [5.41, 5.74) is 0.270. The fourth-order valence-corrected chi connectivity index (χ4v) is 3.53. The lowest BCUT2D eigenvalue weighted by atomic mass is 10.0. The number of ether oxygens (including phenoxy) is 1. The molecule has 2 heterocycles. The molecule has 2 aromatic rings. The molecule has 1 aliphatic rings. The topological polar surface area (TPSA) is 91.2 Å². The van der Waals surface area contributed by atoms with Gasteiger partial charge in [-0.3, -0.25) is 0 Å². The van der Waals surface area contributed by atoms with Crippen molar-refractivity contribution < 1.29 is 13.3 Å². The molecule has 2 N–H and O–H groups in total. The molecule has 3 rings (SSSR count). The molecule has 1 aromatic heterocycles. The van der Waals surface area contributed by atoms with E-state index >= 15 is 0 Å². The van der Waals surface area contributed by atoms with E-state index in [4.69, 9.17) is 9.52 Å². The average Bonchev–Trinajstić information content (AvgIpc) is 2.59. The summed E-state index contributed by atoms with van der Waals surface area (Å²) in [6.45, 7) is 6.90. The number of rotatable bonds is 4. The summed E-state index contributed by atoms with van der Waals surface area (Å²) in [6.07, 6.45) is 2.52. The van der Waals surface area contributed by atoms with Gasteiger partial charge >= 0.3 is 0 Å². The normalized spacial score (nSPS) is 21.5. The minimum atomic E-state index is -2.76. The Morgan fingerprint density at radius 3 is 2.67 bits per heavy atom. The van der Waals surface area contributed by atoms with Crippen molar-refractivity contribution in [1.82, 2.24) is 9.97 Å². The number of nitrogens with zero attached hydrogens (tertiary/aromatic N) is 3. The number of nitrogens with one attached hydrogen (secondary N) is 2. The lowest BCUT2D eigenvalue weighted by Gasteiger charge is -2.43. The zero-order valence-electron chi connectivity index (χ0n) is 15.8. The van der Waals surface area contributed by atoms with Crippen LogP contribution in [0.5, 0.6) is 0 Å². The average molecular weight is 393 g/mol. The predicted molar refractivity (Wildman–Crippen MR) is 104 cm³/mol. The largest absolute Gasteiger partial charge is 0.372 e. The van der Waals surface area contributed by atoms with E-state index in [2.05, 4.69) is 15.3 Å². The molecule has 146 valence electrons. The molecule has 27 heavy (non-hydrogen) atoms. The first-order valence-electron chi connectivity index (χ1n) is 8.59. The molecular weight excluding hydrogens is 369 g/mol. The first kappa shape index (κ1) is 19.5. The van der Waals surface area contributed by atoms with E-state index in [1.54, 1.807) is 24.3 Å². The minimum Gasteiger partial charge on any atom is -0.372 e. The lowest BCUT2D eigenvalue weighted by molar-refractivity contribution is -0.0425. The summed E-state index contributed by atoms with van der Waals surface area (Å²) in [6, 6.07) is 6.62. The molecule has 0 radical (unpaired) electrons. The molecule has 1 aromatic carbocycles. The summed E-state index contributed by atoms with van der Waals surface area (Å²) in [4.78, 5) is 10.7. The van der Waals surface area contributed by atoms with Crippen LogP contribution in [-0.2, 0) is 14.5 Å². The highest BCUT2D eigenvalue weighted by atomic mass is 32.2. The number of hydrogen-bond donors (Lipinski definition) is 2. The quantitative estimate of drug-likeness (QED) is 0.827. The molecule has 1 aliphatic heterocycles. The van der Waals surface area contributed by atoms with Crippen molar-refractivity contribution in [2.24, 2.45) is 0 Å². The van der Waals surface area contributed by atoms with E-state index in [1.165, 1.54) is 6.26 Å². The van der Waals surface area contributed by atoms with Gasteiger partial charge in [0.25, 0.3) is 0 Å². The van der Waals surface area contributed by atoms with Crippen LogP contribution in [0.2, 0.25) is 0 Å². The summed E-state index contributed by atoms with van der Waals surface area (Å²) in [5.74, 6) is 0.00913. The summed E-state index contributed by atoms with van der Waals surface area (Å²) in [5, 5.41) is 3.02. The van der Waals surface area contributed by atoms with E-state index < -0.39 is 21.1 Å². The lowest BCUT2D eigenvalue weighted by Crippen LogP contribution is -2.53. The molecular formula is C18H24FN5O2S. The zero-order valence-corrected chi connectivity index (χ0v) is 16.6. The number of halogens is 1.